The van der Waals surface area contributed by atoms with Crippen LogP contribution in [0.2, 0.25) is 0 Å². The summed E-state index contributed by atoms with van der Waals surface area (Å²) < 4.78 is 12.9. The highest BCUT2D eigenvalue weighted by atomic mass is 19.1. The van der Waals surface area contributed by atoms with Crippen LogP contribution in [0.15, 0.2) is 48.5 Å². The molecule has 0 bridgehead atoms. The van der Waals surface area contributed by atoms with Gasteiger partial charge in [0.25, 0.3) is 5.91 Å². The standard InChI is InChI=1S/C20H24FN3O2/c1-20(2,3)17(22)19(26)23-12-13-4-6-14(7-5-13)18(25)24-16-10-8-15(21)9-11-16/h4-11,17H,12,22H2,1-3H3,(H,23,26)(H,24,25)/t17-/m1/s1. The summed E-state index contributed by atoms with van der Waals surface area (Å²) >= 11 is 0. The molecule has 0 unspecified atom stereocenters. The normalized spacial score (nSPS) is 12.3. The minimum atomic E-state index is -0.594. The smallest absolute Gasteiger partial charge is 0.255 e. The first kappa shape index (κ1) is 19.6. The quantitative estimate of drug-likeness (QED) is 0.769. The van der Waals surface area contributed by atoms with E-state index < -0.39 is 6.04 Å². The fourth-order valence-electron chi connectivity index (χ4n) is 2.20. The largest absolute Gasteiger partial charge is 0.351 e. The van der Waals surface area contributed by atoms with Crippen LogP contribution < -0.4 is 16.4 Å². The van der Waals surface area contributed by atoms with Gasteiger partial charge in [0, 0.05) is 17.8 Å². The van der Waals surface area contributed by atoms with Crippen molar-refractivity contribution in [3.63, 3.8) is 0 Å². The number of anilines is 1. The van der Waals surface area contributed by atoms with E-state index in [9.17, 15) is 14.0 Å². The summed E-state index contributed by atoms with van der Waals surface area (Å²) in [6, 6.07) is 11.8. The maximum atomic E-state index is 12.9. The van der Waals surface area contributed by atoms with Gasteiger partial charge >= 0.3 is 0 Å². The third kappa shape index (κ3) is 5.39. The summed E-state index contributed by atoms with van der Waals surface area (Å²) in [7, 11) is 0. The number of benzene rings is 2. The zero-order valence-electron chi connectivity index (χ0n) is 15.2. The van der Waals surface area contributed by atoms with E-state index in [2.05, 4.69) is 10.6 Å². The Labute approximate surface area is 152 Å². The van der Waals surface area contributed by atoms with Gasteiger partial charge in [0.2, 0.25) is 5.91 Å². The molecule has 0 spiro atoms. The molecule has 1 atom stereocenters. The van der Waals surface area contributed by atoms with E-state index in [4.69, 9.17) is 5.73 Å². The summed E-state index contributed by atoms with van der Waals surface area (Å²) in [5, 5.41) is 5.49. The Hall–Kier alpha value is -2.73. The first-order valence-electron chi connectivity index (χ1n) is 8.36. The molecule has 138 valence electrons. The van der Waals surface area contributed by atoms with E-state index in [1.165, 1.54) is 24.3 Å². The highest BCUT2D eigenvalue weighted by molar-refractivity contribution is 6.04. The lowest BCUT2D eigenvalue weighted by atomic mass is 9.87. The van der Waals surface area contributed by atoms with E-state index >= 15 is 0 Å². The monoisotopic (exact) mass is 357 g/mol. The molecule has 0 aromatic heterocycles. The number of carbonyl (C=O) groups is 2. The van der Waals surface area contributed by atoms with Crippen molar-refractivity contribution >= 4 is 17.5 Å². The second-order valence-electron chi connectivity index (χ2n) is 7.22. The third-order valence-electron chi connectivity index (χ3n) is 4.00. The molecule has 0 aliphatic carbocycles. The highest BCUT2D eigenvalue weighted by Crippen LogP contribution is 2.17. The average molecular weight is 357 g/mol. The van der Waals surface area contributed by atoms with Crippen LogP contribution in [-0.2, 0) is 11.3 Å². The van der Waals surface area contributed by atoms with Gasteiger partial charge in [-0.3, -0.25) is 9.59 Å². The van der Waals surface area contributed by atoms with Crippen molar-refractivity contribution < 1.29 is 14.0 Å². The van der Waals surface area contributed by atoms with Crippen molar-refractivity contribution in [1.82, 2.24) is 5.32 Å². The van der Waals surface area contributed by atoms with Gasteiger partial charge in [-0.2, -0.15) is 0 Å². The van der Waals surface area contributed by atoms with Crippen LogP contribution in [0.1, 0.15) is 36.7 Å². The van der Waals surface area contributed by atoms with Crippen molar-refractivity contribution in [3.05, 3.63) is 65.5 Å². The molecule has 0 heterocycles. The molecule has 2 aromatic carbocycles. The number of carbonyl (C=O) groups excluding carboxylic acids is 2. The molecule has 26 heavy (non-hydrogen) atoms. The first-order chi connectivity index (χ1) is 12.2. The van der Waals surface area contributed by atoms with Crippen molar-refractivity contribution in [1.29, 1.82) is 0 Å². The van der Waals surface area contributed by atoms with Gasteiger partial charge in [0.05, 0.1) is 6.04 Å². The Kier molecular flexibility index (Phi) is 6.10. The van der Waals surface area contributed by atoms with E-state index in [1.54, 1.807) is 24.3 Å². The van der Waals surface area contributed by atoms with Crippen molar-refractivity contribution in [3.8, 4) is 0 Å². The van der Waals surface area contributed by atoms with E-state index in [1.807, 2.05) is 20.8 Å². The summed E-state index contributed by atoms with van der Waals surface area (Å²) in [4.78, 5) is 24.2. The Morgan fingerprint density at radius 1 is 1.04 bits per heavy atom. The highest BCUT2D eigenvalue weighted by Gasteiger charge is 2.27. The molecular weight excluding hydrogens is 333 g/mol. The summed E-state index contributed by atoms with van der Waals surface area (Å²) in [5.74, 6) is -0.863. The van der Waals surface area contributed by atoms with Crippen LogP contribution >= 0.6 is 0 Å². The Bertz CT molecular complexity index is 765. The minimum Gasteiger partial charge on any atom is -0.351 e. The number of rotatable bonds is 5. The van der Waals surface area contributed by atoms with E-state index in [-0.39, 0.29) is 23.0 Å². The predicted molar refractivity (Wildman–Crippen MR) is 100 cm³/mol. The molecule has 2 amide bonds. The SMILES string of the molecule is CC(C)(C)[C@H](N)C(=O)NCc1ccc(C(=O)Nc2ccc(F)cc2)cc1. The summed E-state index contributed by atoms with van der Waals surface area (Å²) in [6.45, 7) is 6.06. The molecule has 5 nitrogen and oxygen atoms in total. The molecule has 0 saturated carbocycles. The van der Waals surface area contributed by atoms with Crippen LogP contribution in [0, 0.1) is 11.2 Å². The van der Waals surface area contributed by atoms with Crippen molar-refractivity contribution in [2.24, 2.45) is 11.1 Å². The zero-order valence-corrected chi connectivity index (χ0v) is 15.2. The van der Waals surface area contributed by atoms with Crippen molar-refractivity contribution in [2.45, 2.75) is 33.4 Å². The average Bonchev–Trinajstić information content (AvgIpc) is 2.60. The molecule has 0 saturated heterocycles. The molecule has 2 aromatic rings. The van der Waals surface area contributed by atoms with Crippen LogP contribution in [0.25, 0.3) is 0 Å². The van der Waals surface area contributed by atoms with Crippen LogP contribution in [0.4, 0.5) is 10.1 Å². The zero-order chi connectivity index (χ0) is 19.3. The number of hydrogen-bond acceptors (Lipinski definition) is 3. The summed E-state index contributed by atoms with van der Waals surface area (Å²) in [5.41, 5.74) is 7.45. The maximum Gasteiger partial charge on any atom is 0.255 e. The lowest BCUT2D eigenvalue weighted by molar-refractivity contribution is -0.124. The van der Waals surface area contributed by atoms with E-state index in [0.29, 0.717) is 17.8 Å². The Balaban J connectivity index is 1.92. The van der Waals surface area contributed by atoms with E-state index in [0.717, 1.165) is 5.56 Å². The van der Waals surface area contributed by atoms with Gasteiger partial charge in [0.15, 0.2) is 0 Å². The summed E-state index contributed by atoms with van der Waals surface area (Å²) in [6.07, 6.45) is 0. The first-order valence-corrected chi connectivity index (χ1v) is 8.36. The number of nitrogens with two attached hydrogens (primary N) is 1. The lowest BCUT2D eigenvalue weighted by Gasteiger charge is -2.25. The Morgan fingerprint density at radius 3 is 2.15 bits per heavy atom. The van der Waals surface area contributed by atoms with Crippen molar-refractivity contribution in [2.75, 3.05) is 5.32 Å². The number of amides is 2. The molecular formula is C20H24FN3O2. The van der Waals surface area contributed by atoms with Crippen LogP contribution in [-0.4, -0.2) is 17.9 Å². The molecule has 0 aliphatic heterocycles. The lowest BCUT2D eigenvalue weighted by Crippen LogP contribution is -2.48. The predicted octanol–water partition coefficient (Wildman–Crippen LogP) is 3.07. The van der Waals surface area contributed by atoms with Gasteiger partial charge in [0.1, 0.15) is 5.82 Å². The Morgan fingerprint density at radius 2 is 1.62 bits per heavy atom. The van der Waals surface area contributed by atoms with Gasteiger partial charge in [-0.25, -0.2) is 4.39 Å². The molecule has 2 rings (SSSR count). The molecule has 0 fully saturated rings. The number of nitrogens with one attached hydrogen (secondary N) is 2. The van der Waals surface area contributed by atoms with Gasteiger partial charge in [-0.05, 0) is 47.4 Å². The molecule has 6 heteroatoms. The topological polar surface area (TPSA) is 84.2 Å². The van der Waals surface area contributed by atoms with Crippen LogP contribution in [0.3, 0.4) is 0 Å². The van der Waals surface area contributed by atoms with Crippen LogP contribution in [0.5, 0.6) is 0 Å². The number of hydrogen-bond donors (Lipinski definition) is 3. The fraction of sp³-hybridized carbons (Fsp3) is 0.300. The molecule has 0 aliphatic rings. The van der Waals surface area contributed by atoms with Gasteiger partial charge < -0.3 is 16.4 Å². The van der Waals surface area contributed by atoms with Gasteiger partial charge in [-0.15, -0.1) is 0 Å². The molecule has 0 radical (unpaired) electrons. The second kappa shape index (κ2) is 8.10. The number of halogens is 1. The third-order valence-corrected chi connectivity index (χ3v) is 4.00. The second-order valence-corrected chi connectivity index (χ2v) is 7.22. The fourth-order valence-corrected chi connectivity index (χ4v) is 2.20. The maximum absolute atomic E-state index is 12.9. The van der Waals surface area contributed by atoms with Gasteiger partial charge in [-0.1, -0.05) is 32.9 Å². The molecule has 4 N–H and O–H groups in total. The minimum absolute atomic E-state index is 0.212.